The number of aromatic nitrogens is 2. The molecule has 1 aromatic rings. The lowest BCUT2D eigenvalue weighted by molar-refractivity contribution is 0.249. The Labute approximate surface area is 93.2 Å². The summed E-state index contributed by atoms with van der Waals surface area (Å²) in [6.45, 7) is 2.38. The maximum Gasteiger partial charge on any atom is 0.112 e. The van der Waals surface area contributed by atoms with Crippen molar-refractivity contribution in [2.24, 2.45) is 7.05 Å². The van der Waals surface area contributed by atoms with Crippen LogP contribution in [0.15, 0.2) is 10.8 Å². The van der Waals surface area contributed by atoms with Gasteiger partial charge in [-0.3, -0.25) is 0 Å². The standard InChI is InChI=1S/C10H16BrN3/c1-13-5-3-8(4-6-13)10-12-7-9(11)14(10)2/h7-8H,3-6H2,1-2H3. The molecule has 1 saturated heterocycles. The molecule has 0 spiro atoms. The van der Waals surface area contributed by atoms with Crippen LogP contribution in [0.1, 0.15) is 24.6 Å². The fourth-order valence-electron chi connectivity index (χ4n) is 2.05. The Bertz CT molecular complexity index is 313. The minimum atomic E-state index is 0.641. The van der Waals surface area contributed by atoms with Crippen molar-refractivity contribution >= 4 is 15.9 Å². The summed E-state index contributed by atoms with van der Waals surface area (Å²) in [6.07, 6.45) is 4.36. The van der Waals surface area contributed by atoms with Crippen LogP contribution in [0.25, 0.3) is 0 Å². The lowest BCUT2D eigenvalue weighted by Crippen LogP contribution is -2.30. The van der Waals surface area contributed by atoms with Crippen LogP contribution in [0, 0.1) is 0 Å². The number of imidazole rings is 1. The normalized spacial score (nSPS) is 20.2. The van der Waals surface area contributed by atoms with E-state index in [0.717, 1.165) is 4.60 Å². The molecule has 4 heteroatoms. The number of hydrogen-bond donors (Lipinski definition) is 0. The summed E-state index contributed by atoms with van der Waals surface area (Å²) in [5, 5.41) is 0. The monoisotopic (exact) mass is 257 g/mol. The predicted molar refractivity (Wildman–Crippen MR) is 60.4 cm³/mol. The van der Waals surface area contributed by atoms with Gasteiger partial charge in [0.05, 0.1) is 6.20 Å². The van der Waals surface area contributed by atoms with Crippen LogP contribution in [0.3, 0.4) is 0 Å². The van der Waals surface area contributed by atoms with E-state index in [-0.39, 0.29) is 0 Å². The van der Waals surface area contributed by atoms with Gasteiger partial charge in [0.15, 0.2) is 0 Å². The third-order valence-corrected chi connectivity index (χ3v) is 3.79. The Morgan fingerprint density at radius 3 is 2.50 bits per heavy atom. The van der Waals surface area contributed by atoms with Gasteiger partial charge in [-0.25, -0.2) is 4.98 Å². The first-order valence-corrected chi connectivity index (χ1v) is 5.83. The van der Waals surface area contributed by atoms with Crippen LogP contribution in [0.2, 0.25) is 0 Å². The summed E-state index contributed by atoms with van der Waals surface area (Å²) >= 11 is 3.48. The Morgan fingerprint density at radius 2 is 2.00 bits per heavy atom. The number of nitrogens with zero attached hydrogens (tertiary/aromatic N) is 3. The molecule has 14 heavy (non-hydrogen) atoms. The highest BCUT2D eigenvalue weighted by atomic mass is 79.9. The lowest BCUT2D eigenvalue weighted by atomic mass is 9.96. The molecule has 1 aliphatic heterocycles. The van der Waals surface area contributed by atoms with E-state index in [2.05, 4.69) is 44.5 Å². The van der Waals surface area contributed by atoms with E-state index in [1.54, 1.807) is 0 Å². The third kappa shape index (κ3) is 1.86. The number of likely N-dealkylation sites (tertiary alicyclic amines) is 1. The highest BCUT2D eigenvalue weighted by Crippen LogP contribution is 2.27. The molecule has 0 radical (unpaired) electrons. The second-order valence-electron chi connectivity index (χ2n) is 4.08. The van der Waals surface area contributed by atoms with Gasteiger partial charge in [-0.15, -0.1) is 0 Å². The van der Waals surface area contributed by atoms with Crippen molar-refractivity contribution in [2.45, 2.75) is 18.8 Å². The number of halogens is 1. The second kappa shape index (κ2) is 4.03. The number of piperidine rings is 1. The van der Waals surface area contributed by atoms with Gasteiger partial charge < -0.3 is 9.47 Å². The topological polar surface area (TPSA) is 21.1 Å². The smallest absolute Gasteiger partial charge is 0.112 e. The molecule has 2 heterocycles. The van der Waals surface area contributed by atoms with Gasteiger partial charge in [0.2, 0.25) is 0 Å². The summed E-state index contributed by atoms with van der Waals surface area (Å²) < 4.78 is 3.22. The summed E-state index contributed by atoms with van der Waals surface area (Å²) in [4.78, 5) is 6.85. The Hall–Kier alpha value is -0.350. The van der Waals surface area contributed by atoms with Crippen LogP contribution in [-0.2, 0) is 7.05 Å². The zero-order valence-electron chi connectivity index (χ0n) is 8.70. The van der Waals surface area contributed by atoms with Crippen LogP contribution < -0.4 is 0 Å². The van der Waals surface area contributed by atoms with Crippen molar-refractivity contribution in [2.75, 3.05) is 20.1 Å². The van der Waals surface area contributed by atoms with Crippen LogP contribution in [0.5, 0.6) is 0 Å². The van der Waals surface area contributed by atoms with Crippen molar-refractivity contribution in [1.82, 2.24) is 14.5 Å². The van der Waals surface area contributed by atoms with Crippen molar-refractivity contribution in [3.8, 4) is 0 Å². The molecule has 78 valence electrons. The molecule has 0 amide bonds. The Balaban J connectivity index is 2.12. The van der Waals surface area contributed by atoms with E-state index in [0.29, 0.717) is 5.92 Å². The number of rotatable bonds is 1. The maximum atomic E-state index is 4.46. The molecule has 0 aliphatic carbocycles. The molecule has 0 N–H and O–H groups in total. The third-order valence-electron chi connectivity index (χ3n) is 3.05. The largest absolute Gasteiger partial charge is 0.326 e. The fraction of sp³-hybridized carbons (Fsp3) is 0.700. The SMILES string of the molecule is CN1CCC(c2ncc(Br)n2C)CC1. The molecule has 0 aromatic carbocycles. The highest BCUT2D eigenvalue weighted by molar-refractivity contribution is 9.10. The predicted octanol–water partition coefficient (Wildman–Crippen LogP) is 1.99. The van der Waals surface area contributed by atoms with Crippen LogP contribution in [0.4, 0.5) is 0 Å². The van der Waals surface area contributed by atoms with E-state index in [1.165, 1.54) is 31.8 Å². The van der Waals surface area contributed by atoms with E-state index < -0.39 is 0 Å². The Morgan fingerprint density at radius 1 is 1.36 bits per heavy atom. The summed E-state index contributed by atoms with van der Waals surface area (Å²) in [5.41, 5.74) is 0. The first-order valence-electron chi connectivity index (χ1n) is 5.04. The minimum absolute atomic E-state index is 0.641. The van der Waals surface area contributed by atoms with Gasteiger partial charge in [0.25, 0.3) is 0 Å². The van der Waals surface area contributed by atoms with Gasteiger partial charge >= 0.3 is 0 Å². The zero-order chi connectivity index (χ0) is 10.1. The van der Waals surface area contributed by atoms with Gasteiger partial charge in [0, 0.05) is 13.0 Å². The van der Waals surface area contributed by atoms with E-state index in [4.69, 9.17) is 0 Å². The average Bonchev–Trinajstić information content (AvgIpc) is 2.50. The molecule has 2 rings (SSSR count). The molecule has 1 fully saturated rings. The molecule has 0 unspecified atom stereocenters. The lowest BCUT2D eigenvalue weighted by Gasteiger charge is -2.28. The van der Waals surface area contributed by atoms with Gasteiger partial charge in [-0.2, -0.15) is 0 Å². The highest BCUT2D eigenvalue weighted by Gasteiger charge is 2.22. The average molecular weight is 258 g/mol. The molecule has 3 nitrogen and oxygen atoms in total. The molecule has 1 aliphatic rings. The van der Waals surface area contributed by atoms with E-state index >= 15 is 0 Å². The molecule has 0 atom stereocenters. The van der Waals surface area contributed by atoms with Crippen molar-refractivity contribution < 1.29 is 0 Å². The fourth-order valence-corrected chi connectivity index (χ4v) is 2.33. The van der Waals surface area contributed by atoms with Crippen molar-refractivity contribution in [3.05, 3.63) is 16.6 Å². The Kier molecular flexibility index (Phi) is 2.93. The van der Waals surface area contributed by atoms with Crippen LogP contribution >= 0.6 is 15.9 Å². The molecular formula is C10H16BrN3. The molecular weight excluding hydrogens is 242 g/mol. The van der Waals surface area contributed by atoms with Gasteiger partial charge in [-0.1, -0.05) is 0 Å². The summed E-state index contributed by atoms with van der Waals surface area (Å²) in [7, 11) is 4.26. The van der Waals surface area contributed by atoms with Crippen molar-refractivity contribution in [1.29, 1.82) is 0 Å². The number of hydrogen-bond acceptors (Lipinski definition) is 2. The molecule has 0 saturated carbocycles. The maximum absolute atomic E-state index is 4.46. The van der Waals surface area contributed by atoms with E-state index in [9.17, 15) is 0 Å². The first-order chi connectivity index (χ1) is 6.68. The van der Waals surface area contributed by atoms with Gasteiger partial charge in [0.1, 0.15) is 10.4 Å². The molecule has 1 aromatic heterocycles. The summed E-state index contributed by atoms with van der Waals surface area (Å²) in [6, 6.07) is 0. The first kappa shape index (κ1) is 10.2. The summed E-state index contributed by atoms with van der Waals surface area (Å²) in [5.74, 6) is 1.87. The van der Waals surface area contributed by atoms with Gasteiger partial charge in [-0.05, 0) is 48.9 Å². The second-order valence-corrected chi connectivity index (χ2v) is 4.89. The van der Waals surface area contributed by atoms with Crippen molar-refractivity contribution in [3.63, 3.8) is 0 Å². The quantitative estimate of drug-likeness (QED) is 0.768. The van der Waals surface area contributed by atoms with Crippen LogP contribution in [-0.4, -0.2) is 34.6 Å². The zero-order valence-corrected chi connectivity index (χ0v) is 10.3. The minimum Gasteiger partial charge on any atom is -0.326 e. The van der Waals surface area contributed by atoms with E-state index in [1.807, 2.05) is 6.20 Å². The molecule has 0 bridgehead atoms.